The molecular formula is C7H14O2S. The summed E-state index contributed by atoms with van der Waals surface area (Å²) < 4.78 is 11.0. The van der Waals surface area contributed by atoms with E-state index in [4.69, 9.17) is 0 Å². The quantitative estimate of drug-likeness (QED) is 0.621. The zero-order valence-corrected chi connectivity index (χ0v) is 7.53. The number of carbonyl (C=O) groups is 1. The minimum absolute atomic E-state index is 0.119. The van der Waals surface area contributed by atoms with E-state index in [2.05, 4.69) is 0 Å². The van der Waals surface area contributed by atoms with Crippen LogP contribution in [0.5, 0.6) is 0 Å². The Bertz CT molecular complexity index is 141. The van der Waals surface area contributed by atoms with Crippen molar-refractivity contribution >= 4 is 16.6 Å². The van der Waals surface area contributed by atoms with Crippen molar-refractivity contribution < 1.29 is 9.00 Å². The molecule has 0 bridgehead atoms. The third-order valence-corrected chi connectivity index (χ3v) is 2.84. The maximum absolute atomic E-state index is 11.0. The molecule has 3 heteroatoms. The van der Waals surface area contributed by atoms with Gasteiger partial charge < -0.3 is 0 Å². The van der Waals surface area contributed by atoms with E-state index < -0.39 is 10.8 Å². The molecule has 0 saturated carbocycles. The Morgan fingerprint density at radius 3 is 2.30 bits per heavy atom. The monoisotopic (exact) mass is 162 g/mol. The Labute approximate surface area is 64.5 Å². The first-order chi connectivity index (χ1) is 4.54. The largest absolute Gasteiger partial charge is 0.300 e. The first kappa shape index (κ1) is 9.82. The summed E-state index contributed by atoms with van der Waals surface area (Å²) in [4.78, 5) is 10.4. The summed E-state index contributed by atoms with van der Waals surface area (Å²) in [7, 11) is -0.813. The van der Waals surface area contributed by atoms with Crippen molar-refractivity contribution in [3.63, 3.8) is 0 Å². The van der Waals surface area contributed by atoms with Gasteiger partial charge in [0.2, 0.25) is 0 Å². The average molecular weight is 162 g/mol. The normalized spacial score (nSPS) is 13.6. The van der Waals surface area contributed by atoms with Gasteiger partial charge >= 0.3 is 0 Å². The van der Waals surface area contributed by atoms with Crippen molar-refractivity contribution in [2.45, 2.75) is 32.4 Å². The second-order valence-electron chi connectivity index (χ2n) is 2.59. The van der Waals surface area contributed by atoms with E-state index in [1.165, 1.54) is 6.92 Å². The Morgan fingerprint density at radius 2 is 2.00 bits per heavy atom. The second-order valence-corrected chi connectivity index (χ2v) is 4.70. The van der Waals surface area contributed by atoms with Crippen molar-refractivity contribution in [1.29, 1.82) is 0 Å². The number of carbonyl (C=O) groups excluding carboxylic acids is 1. The van der Waals surface area contributed by atoms with Crippen LogP contribution >= 0.6 is 0 Å². The first-order valence-electron chi connectivity index (χ1n) is 3.40. The molecule has 0 saturated heterocycles. The summed E-state index contributed by atoms with van der Waals surface area (Å²) in [6, 6.07) is 0. The van der Waals surface area contributed by atoms with Crippen molar-refractivity contribution in [1.82, 2.24) is 0 Å². The molecule has 0 aliphatic rings. The zero-order valence-electron chi connectivity index (χ0n) is 6.72. The Hall–Kier alpha value is -0.180. The van der Waals surface area contributed by atoms with Crippen molar-refractivity contribution in [2.75, 3.05) is 5.75 Å². The van der Waals surface area contributed by atoms with Crippen LogP contribution in [0.3, 0.4) is 0 Å². The highest BCUT2D eigenvalue weighted by atomic mass is 32.2. The lowest BCUT2D eigenvalue weighted by Gasteiger charge is -2.02. The predicted molar refractivity (Wildman–Crippen MR) is 43.4 cm³/mol. The van der Waals surface area contributed by atoms with Gasteiger partial charge in [0.05, 0.1) is 0 Å². The van der Waals surface area contributed by atoms with Gasteiger partial charge in [-0.15, -0.1) is 0 Å². The highest BCUT2D eigenvalue weighted by Gasteiger charge is 2.05. The number of hydrogen-bond acceptors (Lipinski definition) is 2. The average Bonchev–Trinajstić information content (AvgIpc) is 1.82. The van der Waals surface area contributed by atoms with Gasteiger partial charge in [0.1, 0.15) is 5.78 Å². The molecule has 0 rings (SSSR count). The van der Waals surface area contributed by atoms with Gasteiger partial charge in [-0.25, -0.2) is 0 Å². The van der Waals surface area contributed by atoms with E-state index in [0.29, 0.717) is 12.2 Å². The van der Waals surface area contributed by atoms with Crippen LogP contribution in [-0.4, -0.2) is 21.0 Å². The van der Waals surface area contributed by atoms with Gasteiger partial charge in [0.25, 0.3) is 0 Å². The van der Waals surface area contributed by atoms with Crippen LogP contribution in [0.1, 0.15) is 27.2 Å². The first-order valence-corrected chi connectivity index (χ1v) is 4.79. The molecule has 1 atom stereocenters. The van der Waals surface area contributed by atoms with Crippen LogP contribution in [0.15, 0.2) is 0 Å². The predicted octanol–water partition coefficient (Wildman–Crippen LogP) is 1.12. The van der Waals surface area contributed by atoms with E-state index >= 15 is 0 Å². The molecule has 0 aromatic heterocycles. The fourth-order valence-electron chi connectivity index (χ4n) is 0.480. The van der Waals surface area contributed by atoms with Gasteiger partial charge in [0, 0.05) is 28.2 Å². The van der Waals surface area contributed by atoms with Gasteiger partial charge in [-0.05, 0) is 6.92 Å². The third kappa shape index (κ3) is 4.68. The van der Waals surface area contributed by atoms with E-state index in [1.54, 1.807) is 0 Å². The van der Waals surface area contributed by atoms with Crippen LogP contribution < -0.4 is 0 Å². The molecule has 1 unspecified atom stereocenters. The number of ketones is 1. The van der Waals surface area contributed by atoms with E-state index in [9.17, 15) is 9.00 Å². The highest BCUT2D eigenvalue weighted by Crippen LogP contribution is 1.96. The minimum atomic E-state index is -0.813. The number of hydrogen-bond donors (Lipinski definition) is 0. The molecule has 60 valence electrons. The van der Waals surface area contributed by atoms with E-state index in [0.717, 1.165) is 0 Å². The molecule has 0 aliphatic carbocycles. The van der Waals surface area contributed by atoms with Gasteiger partial charge in [0.15, 0.2) is 0 Å². The lowest BCUT2D eigenvalue weighted by Crippen LogP contribution is -2.11. The van der Waals surface area contributed by atoms with Crippen LogP contribution in [0.4, 0.5) is 0 Å². The smallest absolute Gasteiger partial charge is 0.130 e. The Kier molecular flexibility index (Phi) is 4.52. The number of rotatable bonds is 4. The van der Waals surface area contributed by atoms with Gasteiger partial charge in [-0.2, -0.15) is 0 Å². The standard InChI is InChI=1S/C7H14O2S/c1-6(2)10(9)5-4-7(3)8/h6H,4-5H2,1-3H3. The van der Waals surface area contributed by atoms with Crippen molar-refractivity contribution in [2.24, 2.45) is 0 Å². The maximum atomic E-state index is 11.0. The molecule has 0 spiro atoms. The SMILES string of the molecule is CC(=O)CCS(=O)C(C)C. The lowest BCUT2D eigenvalue weighted by molar-refractivity contribution is -0.116. The summed E-state index contributed by atoms with van der Waals surface area (Å²) in [6.07, 6.45) is 0.449. The van der Waals surface area contributed by atoms with Gasteiger partial charge in [-0.3, -0.25) is 9.00 Å². The van der Waals surface area contributed by atoms with E-state index in [1.807, 2.05) is 13.8 Å². The molecule has 0 amide bonds. The molecule has 0 N–H and O–H groups in total. The molecule has 0 fully saturated rings. The molecule has 10 heavy (non-hydrogen) atoms. The Balaban J connectivity index is 3.50. The summed E-state index contributed by atoms with van der Waals surface area (Å²) in [6.45, 7) is 5.32. The summed E-state index contributed by atoms with van der Waals surface area (Å²) in [5.41, 5.74) is 0. The fourth-order valence-corrected chi connectivity index (χ4v) is 1.44. The summed E-state index contributed by atoms with van der Waals surface area (Å²) >= 11 is 0. The Morgan fingerprint density at radius 1 is 1.50 bits per heavy atom. The van der Waals surface area contributed by atoms with Crippen LogP contribution in [0.25, 0.3) is 0 Å². The maximum Gasteiger partial charge on any atom is 0.130 e. The lowest BCUT2D eigenvalue weighted by atomic mass is 10.4. The second kappa shape index (κ2) is 4.61. The molecular weight excluding hydrogens is 148 g/mol. The number of Topliss-reactive ketones (excluding diaryl/α,β-unsaturated/α-hetero) is 1. The molecule has 0 aromatic carbocycles. The summed E-state index contributed by atoms with van der Waals surface area (Å²) in [5.74, 6) is 0.640. The molecule has 0 aliphatic heterocycles. The van der Waals surface area contributed by atoms with Gasteiger partial charge in [-0.1, -0.05) is 13.8 Å². The topological polar surface area (TPSA) is 34.1 Å². The molecule has 0 radical (unpaired) electrons. The van der Waals surface area contributed by atoms with Crippen molar-refractivity contribution in [3.8, 4) is 0 Å². The third-order valence-electron chi connectivity index (χ3n) is 1.18. The van der Waals surface area contributed by atoms with Crippen LogP contribution in [0, 0.1) is 0 Å². The van der Waals surface area contributed by atoms with Crippen LogP contribution in [-0.2, 0) is 15.6 Å². The van der Waals surface area contributed by atoms with E-state index in [-0.39, 0.29) is 11.0 Å². The minimum Gasteiger partial charge on any atom is -0.300 e. The molecule has 0 aromatic rings. The molecule has 2 nitrogen and oxygen atoms in total. The fraction of sp³-hybridized carbons (Fsp3) is 0.857. The van der Waals surface area contributed by atoms with Crippen molar-refractivity contribution in [3.05, 3.63) is 0 Å². The molecule has 0 heterocycles. The van der Waals surface area contributed by atoms with Crippen LogP contribution in [0.2, 0.25) is 0 Å². The zero-order chi connectivity index (χ0) is 8.15. The summed E-state index contributed by atoms with van der Waals surface area (Å²) in [5, 5.41) is 0.180. The highest BCUT2D eigenvalue weighted by molar-refractivity contribution is 7.85.